The number of aliphatic imine (C=N–C) groups is 1. The van der Waals surface area contributed by atoms with E-state index in [1.165, 1.54) is 191 Å². The molecule has 1 aliphatic rings. The molecule has 0 radical (unpaired) electrons. The number of aromatic carboxylic acids is 1. The highest BCUT2D eigenvalue weighted by Crippen LogP contribution is 2.51. The van der Waals surface area contributed by atoms with Crippen molar-refractivity contribution in [3.05, 3.63) is 129 Å². The molecule has 6 heterocycles. The van der Waals surface area contributed by atoms with Gasteiger partial charge >= 0.3 is 5.97 Å². The molecular weight excluding hydrogens is 993 g/mol. The van der Waals surface area contributed by atoms with E-state index in [1.54, 1.807) is 12.1 Å². The molecule has 0 amide bonds. The summed E-state index contributed by atoms with van der Waals surface area (Å²) in [5.41, 5.74) is 12.8. The van der Waals surface area contributed by atoms with Gasteiger partial charge in [0.25, 0.3) is 0 Å². The minimum absolute atomic E-state index is 0.309. The summed E-state index contributed by atoms with van der Waals surface area (Å²) in [5, 5.41) is 12.5. The maximum Gasteiger partial charge on any atom is 0.335 e. The standard InChI is InChI=1S/C67H80N2O2S4/c1-8-13-17-21-27-45-39-51(35-38-61-67(6,7)54-41-50(66(70)71)33-36-55(54)68-61)72-63(45)58-43-47(29-23-19-15-10-3)65(74-58)60-44-48(30-24-20-16-11-4)64(75-60)59-42-46(28-22-18-14-9-2)62(73-59)49-34-37-57-53(40-49)52-31-25-26-32-56(52)69(57)12-5/h25-26,31-44H,8-24,27-30H2,1-7H3,(H,70,71)/b38-35+. The number of hydrogen-bond acceptors (Lipinski definition) is 6. The highest BCUT2D eigenvalue weighted by atomic mass is 32.1. The maximum atomic E-state index is 11.9. The molecule has 8 heteroatoms. The molecule has 1 aliphatic heterocycles. The molecular formula is C67H80N2O2S4. The molecule has 5 aromatic heterocycles. The Balaban J connectivity index is 1.11. The van der Waals surface area contributed by atoms with E-state index in [0.717, 1.165) is 49.2 Å². The normalized spacial score (nSPS) is 13.3. The van der Waals surface area contributed by atoms with Gasteiger partial charge in [0.1, 0.15) is 0 Å². The van der Waals surface area contributed by atoms with Gasteiger partial charge in [0.2, 0.25) is 0 Å². The van der Waals surface area contributed by atoms with Crippen molar-refractivity contribution in [1.29, 1.82) is 0 Å². The molecule has 0 saturated heterocycles. The third-order valence-electron chi connectivity index (χ3n) is 15.7. The smallest absolute Gasteiger partial charge is 0.335 e. The number of rotatable bonds is 28. The number of fused-ring (bicyclic) bond motifs is 4. The van der Waals surface area contributed by atoms with Crippen LogP contribution in [-0.2, 0) is 37.6 Å². The molecule has 1 N–H and O–H groups in total. The van der Waals surface area contributed by atoms with Gasteiger partial charge in [-0.3, -0.25) is 4.99 Å². The number of carboxylic acids is 1. The third kappa shape index (κ3) is 12.3. The fraction of sp³-hybridized carbons (Fsp3) is 0.433. The minimum Gasteiger partial charge on any atom is -0.478 e. The average molecular weight is 1070 g/mol. The summed E-state index contributed by atoms with van der Waals surface area (Å²) in [6.07, 6.45) is 28.9. The highest BCUT2D eigenvalue weighted by Gasteiger charge is 2.34. The van der Waals surface area contributed by atoms with Gasteiger partial charge in [-0.05, 0) is 164 Å². The number of thiophene rings is 4. The van der Waals surface area contributed by atoms with Crippen molar-refractivity contribution in [2.24, 2.45) is 4.99 Å². The molecule has 75 heavy (non-hydrogen) atoms. The second kappa shape index (κ2) is 25.5. The van der Waals surface area contributed by atoms with Crippen LogP contribution >= 0.6 is 45.3 Å². The molecule has 8 aromatic rings. The SMILES string of the molecule is CCCCCCc1cc(-c2sc(-c3sc(-c4sc(/C=C/C5=Nc6ccc(C(=O)O)cc6C5(C)C)cc4CCCCCC)cc3CCCCCC)cc2CCCCCC)sc1-c1ccc2c(c1)c1ccccc1n2CC. The van der Waals surface area contributed by atoms with Crippen LogP contribution in [0.4, 0.5) is 5.69 Å². The summed E-state index contributed by atoms with van der Waals surface area (Å²) in [4.78, 5) is 28.3. The van der Waals surface area contributed by atoms with E-state index < -0.39 is 11.4 Å². The Hall–Kier alpha value is -4.86. The lowest BCUT2D eigenvalue weighted by Crippen LogP contribution is -2.24. The molecule has 0 bridgehead atoms. The zero-order chi connectivity index (χ0) is 52.5. The first-order chi connectivity index (χ1) is 36.6. The summed E-state index contributed by atoms with van der Waals surface area (Å²) < 4.78 is 2.48. The number of benzene rings is 3. The predicted molar refractivity (Wildman–Crippen MR) is 332 cm³/mol. The first kappa shape index (κ1) is 54.9. The number of carbonyl (C=O) groups is 1. The fourth-order valence-electron chi connectivity index (χ4n) is 11.4. The second-order valence-electron chi connectivity index (χ2n) is 21.6. The molecule has 0 atom stereocenters. The molecule has 4 nitrogen and oxygen atoms in total. The molecule has 0 saturated carbocycles. The molecule has 3 aromatic carbocycles. The van der Waals surface area contributed by atoms with Crippen molar-refractivity contribution >= 4 is 90.6 Å². The Morgan fingerprint density at radius 2 is 1.04 bits per heavy atom. The van der Waals surface area contributed by atoms with Crippen LogP contribution in [-0.4, -0.2) is 21.4 Å². The topological polar surface area (TPSA) is 54.6 Å². The average Bonchev–Trinajstić information content (AvgIpc) is 4.28. The van der Waals surface area contributed by atoms with E-state index in [-0.39, 0.29) is 0 Å². The Bertz CT molecular complexity index is 3290. The van der Waals surface area contributed by atoms with Gasteiger partial charge in [-0.25, -0.2) is 4.79 Å². The van der Waals surface area contributed by atoms with Crippen LogP contribution in [0.2, 0.25) is 0 Å². The van der Waals surface area contributed by atoms with Crippen molar-refractivity contribution in [3.63, 3.8) is 0 Å². The number of unbranched alkanes of at least 4 members (excludes halogenated alkanes) is 12. The van der Waals surface area contributed by atoms with Gasteiger partial charge in [-0.1, -0.05) is 143 Å². The number of para-hydroxylation sites is 1. The largest absolute Gasteiger partial charge is 0.478 e. The number of carboxylic acid groups (broad SMARTS) is 1. The van der Waals surface area contributed by atoms with E-state index >= 15 is 0 Å². The minimum atomic E-state index is -0.904. The van der Waals surface area contributed by atoms with Gasteiger partial charge in [0, 0.05) is 72.8 Å². The monoisotopic (exact) mass is 1070 g/mol. The quantitative estimate of drug-likeness (QED) is 0.0497. The zero-order valence-electron chi connectivity index (χ0n) is 46.0. The second-order valence-corrected chi connectivity index (χ2v) is 25.9. The molecule has 0 spiro atoms. The molecule has 394 valence electrons. The van der Waals surface area contributed by atoms with E-state index in [0.29, 0.717) is 5.56 Å². The van der Waals surface area contributed by atoms with Crippen LogP contribution in [0.25, 0.3) is 67.6 Å². The fourth-order valence-corrected chi connectivity index (χ4v) is 16.5. The number of aromatic nitrogens is 1. The Morgan fingerprint density at radius 1 is 0.533 bits per heavy atom. The van der Waals surface area contributed by atoms with Crippen molar-refractivity contribution in [3.8, 4) is 39.7 Å². The van der Waals surface area contributed by atoms with Crippen LogP contribution in [0.5, 0.6) is 0 Å². The lowest BCUT2D eigenvalue weighted by atomic mass is 9.81. The van der Waals surface area contributed by atoms with E-state index in [9.17, 15) is 9.90 Å². The number of aryl methyl sites for hydroxylation is 5. The Labute approximate surface area is 464 Å². The summed E-state index contributed by atoms with van der Waals surface area (Å²) in [6, 6.07) is 31.9. The van der Waals surface area contributed by atoms with Crippen molar-refractivity contribution in [2.45, 2.75) is 189 Å². The molecule has 0 aliphatic carbocycles. The first-order valence-electron chi connectivity index (χ1n) is 28.7. The summed E-state index contributed by atoms with van der Waals surface area (Å²) in [6.45, 7) is 16.8. The van der Waals surface area contributed by atoms with E-state index in [4.69, 9.17) is 4.99 Å². The van der Waals surface area contributed by atoms with Crippen molar-refractivity contribution < 1.29 is 9.90 Å². The Morgan fingerprint density at radius 3 is 1.59 bits per heavy atom. The van der Waals surface area contributed by atoms with Gasteiger partial charge < -0.3 is 9.67 Å². The van der Waals surface area contributed by atoms with E-state index in [1.807, 2.05) is 40.1 Å². The lowest BCUT2D eigenvalue weighted by Gasteiger charge is -2.20. The Kier molecular flexibility index (Phi) is 18.7. The van der Waals surface area contributed by atoms with Crippen LogP contribution < -0.4 is 0 Å². The van der Waals surface area contributed by atoms with Gasteiger partial charge in [0.15, 0.2) is 0 Å². The number of nitrogens with zero attached hydrogens (tertiary/aromatic N) is 2. The first-order valence-corrected chi connectivity index (χ1v) is 32.0. The predicted octanol–water partition coefficient (Wildman–Crippen LogP) is 22.0. The van der Waals surface area contributed by atoms with Crippen molar-refractivity contribution in [2.75, 3.05) is 0 Å². The summed E-state index contributed by atoms with van der Waals surface area (Å²) in [5.74, 6) is -0.904. The summed E-state index contributed by atoms with van der Waals surface area (Å²) >= 11 is 8.08. The number of allylic oxidation sites excluding steroid dienone is 1. The molecule has 0 fully saturated rings. The van der Waals surface area contributed by atoms with Gasteiger partial charge in [-0.2, -0.15) is 0 Å². The zero-order valence-corrected chi connectivity index (χ0v) is 49.2. The third-order valence-corrected chi connectivity index (χ3v) is 20.9. The molecule has 0 unspecified atom stereocenters. The molecule has 9 rings (SSSR count). The van der Waals surface area contributed by atoms with Gasteiger partial charge in [-0.15, -0.1) is 45.3 Å². The van der Waals surface area contributed by atoms with Crippen LogP contribution in [0, 0.1) is 0 Å². The summed E-state index contributed by atoms with van der Waals surface area (Å²) in [7, 11) is 0. The van der Waals surface area contributed by atoms with Crippen LogP contribution in [0.1, 0.15) is 194 Å². The van der Waals surface area contributed by atoms with Crippen molar-refractivity contribution in [1.82, 2.24) is 4.57 Å². The maximum absolute atomic E-state index is 11.9. The number of hydrogen-bond donors (Lipinski definition) is 1. The van der Waals surface area contributed by atoms with Crippen LogP contribution in [0.15, 0.2) is 96.0 Å². The van der Waals surface area contributed by atoms with Gasteiger partial charge in [0.05, 0.1) is 17.0 Å². The lowest BCUT2D eigenvalue weighted by molar-refractivity contribution is 0.0696. The van der Waals surface area contributed by atoms with Crippen LogP contribution in [0.3, 0.4) is 0 Å². The van der Waals surface area contributed by atoms with E-state index in [2.05, 4.69) is 143 Å². The highest BCUT2D eigenvalue weighted by molar-refractivity contribution is 7.29.